The number of hydrogen-bond acceptors (Lipinski definition) is 6. The zero-order chi connectivity index (χ0) is 24.0. The first-order valence-electron chi connectivity index (χ1n) is 10.4. The van der Waals surface area contributed by atoms with Crippen LogP contribution in [0.5, 0.6) is 5.88 Å². The maximum atomic E-state index is 14.3. The topological polar surface area (TPSA) is 98.2 Å². The van der Waals surface area contributed by atoms with E-state index in [1.54, 1.807) is 25.4 Å². The second-order valence-corrected chi connectivity index (χ2v) is 9.62. The number of aromatic nitrogens is 2. The van der Waals surface area contributed by atoms with E-state index in [0.717, 1.165) is 23.1 Å². The highest BCUT2D eigenvalue weighted by atomic mass is 32.2. The van der Waals surface area contributed by atoms with Crippen molar-refractivity contribution in [2.24, 2.45) is 0 Å². The maximum absolute atomic E-state index is 14.3. The highest BCUT2D eigenvalue weighted by Crippen LogP contribution is 2.25. The summed E-state index contributed by atoms with van der Waals surface area (Å²) < 4.78 is 44.9. The lowest BCUT2D eigenvalue weighted by Gasteiger charge is -2.14. The molecule has 0 amide bonds. The molecule has 3 rings (SSSR count). The molecule has 1 N–H and O–H groups in total. The van der Waals surface area contributed by atoms with Gasteiger partial charge in [0.05, 0.1) is 11.9 Å². The minimum absolute atomic E-state index is 0.0722. The molecule has 0 fully saturated rings. The summed E-state index contributed by atoms with van der Waals surface area (Å²) in [7, 11) is -3.60. The Morgan fingerprint density at radius 1 is 1.21 bits per heavy atom. The molecule has 0 aliphatic rings. The van der Waals surface area contributed by atoms with Crippen LogP contribution in [0.2, 0.25) is 0 Å². The number of sulfonamides is 1. The molecule has 174 valence electrons. The molecule has 2 heterocycles. The molecule has 1 atom stereocenters. The fourth-order valence-electron chi connectivity index (χ4n) is 3.26. The van der Waals surface area contributed by atoms with Crippen molar-refractivity contribution in [2.75, 3.05) is 11.0 Å². The number of pyridine rings is 2. The highest BCUT2D eigenvalue weighted by molar-refractivity contribution is 7.92. The van der Waals surface area contributed by atoms with Crippen LogP contribution in [-0.4, -0.2) is 30.4 Å². The quantitative estimate of drug-likeness (QED) is 0.476. The fraction of sp³-hybridized carbons (Fsp3) is 0.292. The van der Waals surface area contributed by atoms with E-state index < -0.39 is 21.8 Å². The van der Waals surface area contributed by atoms with E-state index in [1.807, 2.05) is 31.2 Å². The van der Waals surface area contributed by atoms with E-state index in [-0.39, 0.29) is 17.9 Å². The Hall–Kier alpha value is -3.33. The first-order chi connectivity index (χ1) is 15.6. The summed E-state index contributed by atoms with van der Waals surface area (Å²) in [5.74, 6) is -0.880. The number of rotatable bonds is 10. The third kappa shape index (κ3) is 7.08. The summed E-state index contributed by atoms with van der Waals surface area (Å²) in [4.78, 5) is 21.3. The first kappa shape index (κ1) is 24.3. The molecule has 2 aromatic heterocycles. The second kappa shape index (κ2) is 10.5. The average molecular weight is 472 g/mol. The zero-order valence-electron chi connectivity index (χ0n) is 18.7. The Kier molecular flexibility index (Phi) is 7.75. The Morgan fingerprint density at radius 3 is 2.67 bits per heavy atom. The third-order valence-corrected chi connectivity index (χ3v) is 5.68. The van der Waals surface area contributed by atoms with Crippen molar-refractivity contribution in [3.05, 3.63) is 83.1 Å². The second-order valence-electron chi connectivity index (χ2n) is 7.87. The Labute approximate surface area is 193 Å². The van der Waals surface area contributed by atoms with Gasteiger partial charge in [0.1, 0.15) is 18.2 Å². The van der Waals surface area contributed by atoms with Gasteiger partial charge >= 0.3 is 0 Å². The molecule has 0 bridgehead atoms. The van der Waals surface area contributed by atoms with Crippen LogP contribution in [0.4, 0.5) is 10.1 Å². The molecule has 1 aromatic carbocycles. The van der Waals surface area contributed by atoms with Gasteiger partial charge in [-0.2, -0.15) is 0 Å². The molecule has 0 aliphatic heterocycles. The molecule has 0 spiro atoms. The summed E-state index contributed by atoms with van der Waals surface area (Å²) in [5, 5.41) is 0. The predicted molar refractivity (Wildman–Crippen MR) is 124 cm³/mol. The number of carbonyl (C=O) groups is 1. The molecule has 0 aliphatic carbocycles. The number of anilines is 1. The number of hydrogen-bond donors (Lipinski definition) is 1. The van der Waals surface area contributed by atoms with Crippen LogP contribution in [0.1, 0.15) is 41.6 Å². The van der Waals surface area contributed by atoms with E-state index in [0.29, 0.717) is 24.5 Å². The monoisotopic (exact) mass is 471 g/mol. The standard InChI is InChI=1S/C24H26FN3O4S/c1-16-6-7-19(24(27-16)32-15-18-5-4-12-26-14-18)9-11-23(29)17(2)20-8-10-22(21(25)13-20)28-33(3,30)31/h4-8,10,12-14,17,28H,9,11,15H2,1-3H3. The number of benzene rings is 1. The van der Waals surface area contributed by atoms with Crippen LogP contribution in [0.25, 0.3) is 0 Å². The maximum Gasteiger partial charge on any atom is 0.229 e. The van der Waals surface area contributed by atoms with Gasteiger partial charge in [0.25, 0.3) is 0 Å². The van der Waals surface area contributed by atoms with Crippen LogP contribution < -0.4 is 9.46 Å². The van der Waals surface area contributed by atoms with Crippen LogP contribution >= 0.6 is 0 Å². The number of ketones is 1. The number of nitrogens with one attached hydrogen (secondary N) is 1. The van der Waals surface area contributed by atoms with E-state index in [2.05, 4.69) is 14.7 Å². The smallest absolute Gasteiger partial charge is 0.229 e. The summed E-state index contributed by atoms with van der Waals surface area (Å²) in [6.07, 6.45) is 5.00. The van der Waals surface area contributed by atoms with Crippen molar-refractivity contribution in [1.29, 1.82) is 0 Å². The molecular formula is C24H26FN3O4S. The van der Waals surface area contributed by atoms with Crippen LogP contribution in [0.3, 0.4) is 0 Å². The minimum Gasteiger partial charge on any atom is -0.473 e. The minimum atomic E-state index is -3.60. The molecule has 0 saturated heterocycles. The van der Waals surface area contributed by atoms with Gasteiger partial charge in [0, 0.05) is 41.6 Å². The number of Topliss-reactive ketones (excluding diaryl/α,β-unsaturated/α-hetero) is 1. The molecular weight excluding hydrogens is 445 g/mol. The summed E-state index contributed by atoms with van der Waals surface area (Å²) >= 11 is 0. The average Bonchev–Trinajstić information content (AvgIpc) is 2.77. The van der Waals surface area contributed by atoms with Gasteiger partial charge in [-0.1, -0.05) is 25.1 Å². The molecule has 33 heavy (non-hydrogen) atoms. The van der Waals surface area contributed by atoms with Gasteiger partial charge in [-0.15, -0.1) is 0 Å². The van der Waals surface area contributed by atoms with Gasteiger partial charge in [-0.05, 0) is 43.2 Å². The molecule has 9 heteroatoms. The summed E-state index contributed by atoms with van der Waals surface area (Å²) in [5.41, 5.74) is 2.85. The molecule has 1 unspecified atom stereocenters. The van der Waals surface area contributed by atoms with E-state index in [1.165, 1.54) is 12.1 Å². The first-order valence-corrected chi connectivity index (χ1v) is 12.3. The lowest BCUT2D eigenvalue weighted by atomic mass is 9.93. The van der Waals surface area contributed by atoms with Crippen molar-refractivity contribution in [2.45, 2.75) is 39.2 Å². The fourth-order valence-corrected chi connectivity index (χ4v) is 3.82. The predicted octanol–water partition coefficient (Wildman–Crippen LogP) is 4.18. The van der Waals surface area contributed by atoms with Gasteiger partial charge in [-0.3, -0.25) is 14.5 Å². The van der Waals surface area contributed by atoms with Crippen molar-refractivity contribution < 1.29 is 22.3 Å². The molecule has 7 nitrogen and oxygen atoms in total. The lowest BCUT2D eigenvalue weighted by Crippen LogP contribution is -2.13. The van der Waals surface area contributed by atoms with Gasteiger partial charge < -0.3 is 4.74 Å². The normalized spacial score (nSPS) is 12.2. The Morgan fingerprint density at radius 2 is 2.00 bits per heavy atom. The Bertz CT molecular complexity index is 1230. The van der Waals surface area contributed by atoms with Gasteiger partial charge in [-0.25, -0.2) is 17.8 Å². The summed E-state index contributed by atoms with van der Waals surface area (Å²) in [6, 6.07) is 11.6. The zero-order valence-corrected chi connectivity index (χ0v) is 19.5. The van der Waals surface area contributed by atoms with Gasteiger partial charge in [0.2, 0.25) is 15.9 Å². The SMILES string of the molecule is Cc1ccc(CCC(=O)C(C)c2ccc(NS(C)(=O)=O)c(F)c2)c(OCc2cccnc2)n1. The lowest BCUT2D eigenvalue weighted by molar-refractivity contribution is -0.120. The molecule has 3 aromatic rings. The van der Waals surface area contributed by atoms with Crippen molar-refractivity contribution in [1.82, 2.24) is 9.97 Å². The third-order valence-electron chi connectivity index (χ3n) is 5.09. The summed E-state index contributed by atoms with van der Waals surface area (Å²) in [6.45, 7) is 3.88. The Balaban J connectivity index is 1.66. The van der Waals surface area contributed by atoms with E-state index in [4.69, 9.17) is 4.74 Å². The number of aryl methyl sites for hydroxylation is 2. The highest BCUT2D eigenvalue weighted by Gasteiger charge is 2.19. The van der Waals surface area contributed by atoms with Crippen molar-refractivity contribution in [3.8, 4) is 5.88 Å². The van der Waals surface area contributed by atoms with E-state index in [9.17, 15) is 17.6 Å². The number of halogens is 1. The van der Waals surface area contributed by atoms with Crippen LogP contribution in [0.15, 0.2) is 54.9 Å². The molecule has 0 radical (unpaired) electrons. The van der Waals surface area contributed by atoms with Crippen LogP contribution in [-0.2, 0) is 27.8 Å². The molecule has 0 saturated carbocycles. The number of ether oxygens (including phenoxy) is 1. The number of carbonyl (C=O) groups excluding carboxylic acids is 1. The van der Waals surface area contributed by atoms with Gasteiger partial charge in [0.15, 0.2) is 0 Å². The largest absolute Gasteiger partial charge is 0.473 e. The van der Waals surface area contributed by atoms with Crippen molar-refractivity contribution >= 4 is 21.5 Å². The van der Waals surface area contributed by atoms with E-state index >= 15 is 0 Å². The van der Waals surface area contributed by atoms with Crippen molar-refractivity contribution in [3.63, 3.8) is 0 Å². The van der Waals surface area contributed by atoms with Crippen LogP contribution in [0, 0.1) is 12.7 Å². The number of nitrogens with zero attached hydrogens (tertiary/aromatic N) is 2.